The van der Waals surface area contributed by atoms with Gasteiger partial charge in [-0.05, 0) is 24.6 Å². The van der Waals surface area contributed by atoms with Gasteiger partial charge in [0.15, 0.2) is 0 Å². The van der Waals surface area contributed by atoms with Crippen LogP contribution in [-0.2, 0) is 5.75 Å². The van der Waals surface area contributed by atoms with E-state index in [2.05, 4.69) is 39.3 Å². The quantitative estimate of drug-likeness (QED) is 0.702. The number of nitrogens with one attached hydrogen (secondary N) is 1. The molecule has 0 radical (unpaired) electrons. The number of thioether (sulfide) groups is 1. The fraction of sp³-hybridized carbons (Fsp3) is 0.167. The Morgan fingerprint density at radius 3 is 2.33 bits per heavy atom. The van der Waals surface area contributed by atoms with Crippen LogP contribution in [0, 0.1) is 0 Å². The van der Waals surface area contributed by atoms with E-state index < -0.39 is 0 Å². The van der Waals surface area contributed by atoms with Crippen LogP contribution in [-0.4, -0.2) is 15.0 Å². The van der Waals surface area contributed by atoms with Crippen LogP contribution in [0.1, 0.15) is 23.6 Å². The maximum Gasteiger partial charge on any atom is 0.232 e. The van der Waals surface area contributed by atoms with Crippen LogP contribution in [0.25, 0.3) is 0 Å². The summed E-state index contributed by atoms with van der Waals surface area (Å²) in [6.07, 6.45) is 0. The molecule has 1 heterocycles. The smallest absolute Gasteiger partial charge is 0.232 e. The van der Waals surface area contributed by atoms with Crippen LogP contribution in [0.3, 0.4) is 0 Å². The molecule has 5 nitrogen and oxygen atoms in total. The molecule has 1 aromatic heterocycles. The maximum atomic E-state index is 5.85. The van der Waals surface area contributed by atoms with E-state index in [1.54, 1.807) is 11.8 Å². The Hall–Kier alpha value is -2.60. The van der Waals surface area contributed by atoms with Crippen LogP contribution in [0.15, 0.2) is 60.7 Å². The SMILES string of the molecule is C[C@@H](SCc1ccccc1)c1nc(N)nc(Nc2ccccc2)n1. The van der Waals surface area contributed by atoms with Gasteiger partial charge in [-0.1, -0.05) is 48.5 Å². The van der Waals surface area contributed by atoms with Crippen molar-refractivity contribution in [3.05, 3.63) is 72.1 Å². The van der Waals surface area contributed by atoms with Crippen molar-refractivity contribution in [2.24, 2.45) is 0 Å². The van der Waals surface area contributed by atoms with E-state index in [9.17, 15) is 0 Å². The summed E-state index contributed by atoms with van der Waals surface area (Å²) in [5.41, 5.74) is 8.04. The van der Waals surface area contributed by atoms with Gasteiger partial charge >= 0.3 is 0 Å². The Balaban J connectivity index is 1.70. The molecule has 122 valence electrons. The van der Waals surface area contributed by atoms with Crippen LogP contribution in [0.2, 0.25) is 0 Å². The van der Waals surface area contributed by atoms with Crippen molar-refractivity contribution < 1.29 is 0 Å². The number of nitrogens with two attached hydrogens (primary N) is 1. The summed E-state index contributed by atoms with van der Waals surface area (Å²) >= 11 is 1.77. The number of hydrogen-bond acceptors (Lipinski definition) is 6. The van der Waals surface area contributed by atoms with E-state index in [1.807, 2.05) is 48.5 Å². The van der Waals surface area contributed by atoms with Crippen LogP contribution in [0.4, 0.5) is 17.6 Å². The molecule has 0 saturated carbocycles. The molecule has 1 atom stereocenters. The van der Waals surface area contributed by atoms with Gasteiger partial charge in [-0.15, -0.1) is 11.8 Å². The third-order valence-corrected chi connectivity index (χ3v) is 4.62. The van der Waals surface area contributed by atoms with Crippen molar-refractivity contribution in [2.75, 3.05) is 11.1 Å². The van der Waals surface area contributed by atoms with Crippen molar-refractivity contribution in [1.29, 1.82) is 0 Å². The van der Waals surface area contributed by atoms with Crippen LogP contribution in [0.5, 0.6) is 0 Å². The monoisotopic (exact) mass is 337 g/mol. The lowest BCUT2D eigenvalue weighted by Crippen LogP contribution is -2.08. The molecule has 3 rings (SSSR count). The summed E-state index contributed by atoms with van der Waals surface area (Å²) in [6.45, 7) is 2.08. The zero-order valence-corrected chi connectivity index (χ0v) is 14.2. The number of hydrogen-bond donors (Lipinski definition) is 2. The molecular formula is C18H19N5S. The van der Waals surface area contributed by atoms with Gasteiger partial charge in [0.25, 0.3) is 0 Å². The number of benzene rings is 2. The van der Waals surface area contributed by atoms with E-state index in [0.717, 1.165) is 11.4 Å². The minimum Gasteiger partial charge on any atom is -0.368 e. The zero-order valence-electron chi connectivity index (χ0n) is 13.4. The predicted octanol–water partition coefficient (Wildman–Crippen LogP) is 4.19. The summed E-state index contributed by atoms with van der Waals surface area (Å²) in [6, 6.07) is 20.1. The van der Waals surface area contributed by atoms with Crippen molar-refractivity contribution in [3.8, 4) is 0 Å². The average molecular weight is 337 g/mol. The highest BCUT2D eigenvalue weighted by Gasteiger charge is 2.13. The maximum absolute atomic E-state index is 5.85. The summed E-state index contributed by atoms with van der Waals surface area (Å²) in [5.74, 6) is 2.28. The number of para-hydroxylation sites is 1. The fourth-order valence-electron chi connectivity index (χ4n) is 2.17. The second kappa shape index (κ2) is 7.79. The molecular weight excluding hydrogens is 318 g/mol. The van der Waals surface area contributed by atoms with Crippen LogP contribution >= 0.6 is 11.8 Å². The first-order chi connectivity index (χ1) is 11.7. The highest BCUT2D eigenvalue weighted by atomic mass is 32.2. The molecule has 0 bridgehead atoms. The molecule has 0 saturated heterocycles. The minimum atomic E-state index is 0.117. The van der Waals surface area contributed by atoms with Crippen molar-refractivity contribution in [2.45, 2.75) is 17.9 Å². The summed E-state index contributed by atoms with van der Waals surface area (Å²) in [5, 5.41) is 3.28. The lowest BCUT2D eigenvalue weighted by atomic mass is 10.2. The largest absolute Gasteiger partial charge is 0.368 e. The van der Waals surface area contributed by atoms with E-state index in [4.69, 9.17) is 5.73 Å². The van der Waals surface area contributed by atoms with Gasteiger partial charge in [-0.3, -0.25) is 0 Å². The summed E-state index contributed by atoms with van der Waals surface area (Å²) in [7, 11) is 0. The molecule has 0 spiro atoms. The van der Waals surface area contributed by atoms with E-state index in [-0.39, 0.29) is 11.2 Å². The molecule has 0 fully saturated rings. The molecule has 0 unspecified atom stereocenters. The van der Waals surface area contributed by atoms with Gasteiger partial charge < -0.3 is 11.1 Å². The van der Waals surface area contributed by atoms with Gasteiger partial charge in [-0.25, -0.2) is 0 Å². The Bertz CT molecular complexity index is 780. The second-order valence-corrected chi connectivity index (χ2v) is 6.63. The first kappa shape index (κ1) is 16.3. The van der Waals surface area contributed by atoms with Gasteiger partial charge in [0.05, 0.1) is 5.25 Å². The summed E-state index contributed by atoms with van der Waals surface area (Å²) in [4.78, 5) is 13.0. The number of nitrogens with zero attached hydrogens (tertiary/aromatic N) is 3. The first-order valence-corrected chi connectivity index (χ1v) is 8.74. The Kier molecular flexibility index (Phi) is 5.28. The molecule has 0 aliphatic rings. The highest BCUT2D eigenvalue weighted by molar-refractivity contribution is 7.98. The van der Waals surface area contributed by atoms with Crippen molar-refractivity contribution in [3.63, 3.8) is 0 Å². The van der Waals surface area contributed by atoms with Crippen molar-refractivity contribution in [1.82, 2.24) is 15.0 Å². The number of nitrogen functional groups attached to an aromatic ring is 1. The van der Waals surface area contributed by atoms with E-state index in [1.165, 1.54) is 5.56 Å². The zero-order chi connectivity index (χ0) is 16.8. The Morgan fingerprint density at radius 2 is 1.62 bits per heavy atom. The van der Waals surface area contributed by atoms with Gasteiger partial charge in [0, 0.05) is 11.4 Å². The third kappa shape index (κ3) is 4.45. The van der Waals surface area contributed by atoms with E-state index in [0.29, 0.717) is 11.8 Å². The summed E-state index contributed by atoms with van der Waals surface area (Å²) < 4.78 is 0. The van der Waals surface area contributed by atoms with Gasteiger partial charge in [0.1, 0.15) is 5.82 Å². The third-order valence-electron chi connectivity index (χ3n) is 3.41. The van der Waals surface area contributed by atoms with Gasteiger partial charge in [-0.2, -0.15) is 15.0 Å². The first-order valence-electron chi connectivity index (χ1n) is 7.70. The van der Waals surface area contributed by atoms with Crippen LogP contribution < -0.4 is 11.1 Å². The Labute approximate surface area is 145 Å². The topological polar surface area (TPSA) is 76.7 Å². The standard InChI is InChI=1S/C18H19N5S/c1-13(24-12-14-8-4-2-5-9-14)16-21-17(19)23-18(22-16)20-15-10-6-3-7-11-15/h2-11,13H,12H2,1H3,(H3,19,20,21,22,23)/t13-/m1/s1. The molecule has 0 aliphatic heterocycles. The molecule has 0 aliphatic carbocycles. The fourth-order valence-corrected chi connectivity index (χ4v) is 3.06. The molecule has 6 heteroatoms. The number of rotatable bonds is 6. The average Bonchev–Trinajstić information content (AvgIpc) is 2.61. The Morgan fingerprint density at radius 1 is 0.958 bits per heavy atom. The van der Waals surface area contributed by atoms with E-state index >= 15 is 0 Å². The lowest BCUT2D eigenvalue weighted by molar-refractivity contribution is 0.896. The molecule has 2 aromatic carbocycles. The molecule has 3 aromatic rings. The predicted molar refractivity (Wildman–Crippen MR) is 100 cm³/mol. The normalized spacial score (nSPS) is 11.9. The molecule has 24 heavy (non-hydrogen) atoms. The van der Waals surface area contributed by atoms with Crippen molar-refractivity contribution >= 4 is 29.3 Å². The lowest BCUT2D eigenvalue weighted by Gasteiger charge is -2.12. The highest BCUT2D eigenvalue weighted by Crippen LogP contribution is 2.29. The molecule has 3 N–H and O–H groups in total. The number of anilines is 3. The minimum absolute atomic E-state index is 0.117. The second-order valence-electron chi connectivity index (χ2n) is 5.31. The molecule has 0 amide bonds. The number of aromatic nitrogens is 3. The van der Waals surface area contributed by atoms with Gasteiger partial charge in [0.2, 0.25) is 11.9 Å².